The minimum atomic E-state index is 0.520. The molecule has 0 aliphatic carbocycles. The summed E-state index contributed by atoms with van der Waals surface area (Å²) >= 11 is 3.45. The van der Waals surface area contributed by atoms with Crippen molar-refractivity contribution in [2.45, 2.75) is 13.3 Å². The van der Waals surface area contributed by atoms with Crippen LogP contribution in [0.3, 0.4) is 0 Å². The second-order valence-corrected chi connectivity index (χ2v) is 3.64. The quantitative estimate of drug-likeness (QED) is 0.440. The summed E-state index contributed by atoms with van der Waals surface area (Å²) in [5, 5.41) is 3.48. The average molecular weight is 240 g/mol. The minimum absolute atomic E-state index is 0.520. The van der Waals surface area contributed by atoms with Gasteiger partial charge in [-0.25, -0.2) is 0 Å². The van der Waals surface area contributed by atoms with Gasteiger partial charge in [0, 0.05) is 15.9 Å². The molecule has 0 atom stereocenters. The van der Waals surface area contributed by atoms with E-state index >= 15 is 0 Å². The van der Waals surface area contributed by atoms with Crippen LogP contribution in [0, 0.1) is 6.92 Å². The van der Waals surface area contributed by atoms with Gasteiger partial charge in [-0.3, -0.25) is 0 Å². The van der Waals surface area contributed by atoms with E-state index in [9.17, 15) is 0 Å². The molecule has 1 aromatic rings. The molecule has 0 radical (unpaired) electrons. The van der Waals surface area contributed by atoms with E-state index in [-0.39, 0.29) is 0 Å². The van der Waals surface area contributed by atoms with Gasteiger partial charge in [-0.05, 0) is 36.1 Å². The zero-order valence-electron chi connectivity index (χ0n) is 7.37. The molecule has 0 fully saturated rings. The van der Waals surface area contributed by atoms with Crippen molar-refractivity contribution in [2.75, 3.05) is 6.54 Å². The van der Waals surface area contributed by atoms with E-state index in [2.05, 4.69) is 38.1 Å². The van der Waals surface area contributed by atoms with Crippen LogP contribution in [0.2, 0.25) is 0 Å². The number of azide groups is 1. The third-order valence-corrected chi connectivity index (χ3v) is 2.65. The zero-order chi connectivity index (χ0) is 9.68. The van der Waals surface area contributed by atoms with Crippen LogP contribution in [0.4, 0.5) is 0 Å². The van der Waals surface area contributed by atoms with Crippen molar-refractivity contribution in [3.05, 3.63) is 44.2 Å². The van der Waals surface area contributed by atoms with Gasteiger partial charge >= 0.3 is 0 Å². The highest BCUT2D eigenvalue weighted by Crippen LogP contribution is 2.17. The lowest BCUT2D eigenvalue weighted by atomic mass is 10.1. The van der Waals surface area contributed by atoms with E-state index in [1.54, 1.807) is 0 Å². The first kappa shape index (κ1) is 10.1. The molecule has 0 bridgehead atoms. The number of benzene rings is 1. The standard InChI is InChI=1S/C9H10BrN3/c1-7-2-3-8(6-9(7)10)4-5-12-13-11/h2-3,6H,4-5H2,1H3. The fourth-order valence-electron chi connectivity index (χ4n) is 1.02. The van der Waals surface area contributed by atoms with Crippen LogP contribution in [0.1, 0.15) is 11.1 Å². The summed E-state index contributed by atoms with van der Waals surface area (Å²) < 4.78 is 1.10. The minimum Gasteiger partial charge on any atom is -0.0936 e. The highest BCUT2D eigenvalue weighted by Gasteiger charge is 1.96. The van der Waals surface area contributed by atoms with Gasteiger partial charge in [-0.15, -0.1) is 0 Å². The fourth-order valence-corrected chi connectivity index (χ4v) is 1.44. The van der Waals surface area contributed by atoms with E-state index in [4.69, 9.17) is 5.53 Å². The summed E-state index contributed by atoms with van der Waals surface area (Å²) in [5.41, 5.74) is 10.5. The Morgan fingerprint density at radius 2 is 2.31 bits per heavy atom. The number of rotatable bonds is 3. The number of hydrogen-bond acceptors (Lipinski definition) is 1. The Morgan fingerprint density at radius 1 is 1.54 bits per heavy atom. The highest BCUT2D eigenvalue weighted by atomic mass is 79.9. The molecule has 0 spiro atoms. The molecule has 0 aromatic heterocycles. The van der Waals surface area contributed by atoms with Gasteiger partial charge in [0.15, 0.2) is 0 Å². The van der Waals surface area contributed by atoms with E-state index in [0.717, 1.165) is 10.9 Å². The maximum Gasteiger partial charge on any atom is 0.0298 e. The van der Waals surface area contributed by atoms with Crippen LogP contribution in [0.5, 0.6) is 0 Å². The first-order valence-corrected chi connectivity index (χ1v) is 4.79. The summed E-state index contributed by atoms with van der Waals surface area (Å²) in [7, 11) is 0. The van der Waals surface area contributed by atoms with Crippen LogP contribution in [-0.4, -0.2) is 6.54 Å². The lowest BCUT2D eigenvalue weighted by molar-refractivity contribution is 0.954. The third kappa shape index (κ3) is 3.09. The molecule has 0 aliphatic rings. The molecule has 0 N–H and O–H groups in total. The van der Waals surface area contributed by atoms with Gasteiger partial charge < -0.3 is 0 Å². The summed E-state index contributed by atoms with van der Waals surface area (Å²) in [5.74, 6) is 0. The van der Waals surface area contributed by atoms with Crippen molar-refractivity contribution in [1.29, 1.82) is 0 Å². The van der Waals surface area contributed by atoms with Gasteiger partial charge in [0.2, 0.25) is 0 Å². The maximum atomic E-state index is 8.09. The van der Waals surface area contributed by atoms with E-state index < -0.39 is 0 Å². The van der Waals surface area contributed by atoms with Crippen LogP contribution in [0.25, 0.3) is 10.4 Å². The Balaban J connectivity index is 2.68. The Morgan fingerprint density at radius 3 is 2.92 bits per heavy atom. The second kappa shape index (κ2) is 4.90. The number of aryl methyl sites for hydroxylation is 1. The normalized spacial score (nSPS) is 9.38. The van der Waals surface area contributed by atoms with Crippen LogP contribution >= 0.6 is 15.9 Å². The van der Waals surface area contributed by atoms with Crippen LogP contribution in [-0.2, 0) is 6.42 Å². The molecule has 0 saturated heterocycles. The van der Waals surface area contributed by atoms with E-state index in [1.807, 2.05) is 13.0 Å². The van der Waals surface area contributed by atoms with Crippen molar-refractivity contribution in [3.63, 3.8) is 0 Å². The monoisotopic (exact) mass is 239 g/mol. The molecular weight excluding hydrogens is 230 g/mol. The Labute approximate surface area is 85.5 Å². The molecule has 4 heteroatoms. The molecule has 13 heavy (non-hydrogen) atoms. The predicted octanol–water partition coefficient (Wildman–Crippen LogP) is 3.61. The van der Waals surface area contributed by atoms with Gasteiger partial charge in [0.1, 0.15) is 0 Å². The number of halogens is 1. The molecule has 68 valence electrons. The Hall–Kier alpha value is -0.990. The topological polar surface area (TPSA) is 48.8 Å². The molecular formula is C9H10BrN3. The summed E-state index contributed by atoms with van der Waals surface area (Å²) in [4.78, 5) is 2.70. The predicted molar refractivity (Wildman–Crippen MR) is 56.6 cm³/mol. The summed E-state index contributed by atoms with van der Waals surface area (Å²) in [6, 6.07) is 6.16. The molecule has 0 saturated carbocycles. The Bertz CT molecular complexity index is 343. The van der Waals surface area contributed by atoms with Crippen LogP contribution < -0.4 is 0 Å². The van der Waals surface area contributed by atoms with Gasteiger partial charge in [-0.2, -0.15) is 0 Å². The first-order chi connectivity index (χ1) is 6.24. The van der Waals surface area contributed by atoms with Crippen molar-refractivity contribution < 1.29 is 0 Å². The average Bonchev–Trinajstić information content (AvgIpc) is 2.12. The molecule has 1 aromatic carbocycles. The molecule has 0 amide bonds. The largest absolute Gasteiger partial charge is 0.0936 e. The third-order valence-electron chi connectivity index (χ3n) is 1.80. The fraction of sp³-hybridized carbons (Fsp3) is 0.333. The van der Waals surface area contributed by atoms with E-state index in [1.165, 1.54) is 11.1 Å². The van der Waals surface area contributed by atoms with Gasteiger partial charge in [0.25, 0.3) is 0 Å². The molecule has 3 nitrogen and oxygen atoms in total. The van der Waals surface area contributed by atoms with Gasteiger partial charge in [-0.1, -0.05) is 33.2 Å². The Kier molecular flexibility index (Phi) is 3.80. The highest BCUT2D eigenvalue weighted by molar-refractivity contribution is 9.10. The zero-order valence-corrected chi connectivity index (χ0v) is 8.95. The van der Waals surface area contributed by atoms with Gasteiger partial charge in [0.05, 0.1) is 0 Å². The SMILES string of the molecule is Cc1ccc(CCN=[N+]=[N-])cc1Br. The number of nitrogens with zero attached hydrogens (tertiary/aromatic N) is 3. The molecule has 0 unspecified atom stereocenters. The van der Waals surface area contributed by atoms with Crippen molar-refractivity contribution in [1.82, 2.24) is 0 Å². The lowest BCUT2D eigenvalue weighted by Crippen LogP contribution is -1.89. The first-order valence-electron chi connectivity index (χ1n) is 4.00. The van der Waals surface area contributed by atoms with E-state index in [0.29, 0.717) is 6.54 Å². The lowest BCUT2D eigenvalue weighted by Gasteiger charge is -2.01. The summed E-state index contributed by atoms with van der Waals surface area (Å²) in [6.07, 6.45) is 0.795. The molecule has 0 heterocycles. The van der Waals surface area contributed by atoms with Crippen molar-refractivity contribution >= 4 is 15.9 Å². The summed E-state index contributed by atoms with van der Waals surface area (Å²) in [6.45, 7) is 2.56. The molecule has 1 rings (SSSR count). The van der Waals surface area contributed by atoms with Crippen LogP contribution in [0.15, 0.2) is 27.8 Å². The van der Waals surface area contributed by atoms with Crippen molar-refractivity contribution in [2.24, 2.45) is 5.11 Å². The number of hydrogen-bond donors (Lipinski definition) is 0. The smallest absolute Gasteiger partial charge is 0.0298 e. The second-order valence-electron chi connectivity index (χ2n) is 2.79. The molecule has 0 aliphatic heterocycles. The maximum absolute atomic E-state index is 8.09. The van der Waals surface area contributed by atoms with Crippen molar-refractivity contribution in [3.8, 4) is 0 Å².